The molecule has 4 rings (SSSR count). The zero-order valence-electron chi connectivity index (χ0n) is 16.8. The van der Waals surface area contributed by atoms with Crippen LogP contribution in [0.2, 0.25) is 0 Å². The van der Waals surface area contributed by atoms with Crippen LogP contribution < -0.4 is 5.32 Å². The van der Waals surface area contributed by atoms with Gasteiger partial charge in [0.05, 0.1) is 17.8 Å². The van der Waals surface area contributed by atoms with E-state index in [1.807, 2.05) is 13.0 Å². The van der Waals surface area contributed by atoms with Crippen molar-refractivity contribution in [1.82, 2.24) is 19.9 Å². The highest BCUT2D eigenvalue weighted by Gasteiger charge is 2.29. The van der Waals surface area contributed by atoms with Gasteiger partial charge in [-0.05, 0) is 42.5 Å². The molecular formula is C23H24N4O5. The van der Waals surface area contributed by atoms with Crippen molar-refractivity contribution in [1.29, 1.82) is 0 Å². The predicted octanol–water partition coefficient (Wildman–Crippen LogP) is 3.13. The monoisotopic (exact) mass is 436 g/mol. The van der Waals surface area contributed by atoms with Crippen LogP contribution in [-0.2, 0) is 11.2 Å². The molecule has 0 fully saturated rings. The van der Waals surface area contributed by atoms with Gasteiger partial charge in [0, 0.05) is 12.1 Å². The maximum absolute atomic E-state index is 13.0. The van der Waals surface area contributed by atoms with Gasteiger partial charge in [-0.25, -0.2) is 19.1 Å². The molecule has 1 atom stereocenters. The summed E-state index contributed by atoms with van der Waals surface area (Å²) < 4.78 is 6.45. The van der Waals surface area contributed by atoms with Crippen molar-refractivity contribution in [3.63, 3.8) is 0 Å². The Morgan fingerprint density at radius 3 is 2.84 bits per heavy atom. The number of carboxylic acids is 1. The second kappa shape index (κ2) is 9.01. The van der Waals surface area contributed by atoms with Gasteiger partial charge < -0.3 is 15.2 Å². The molecule has 1 aromatic carbocycles. The average molecular weight is 436 g/mol. The third kappa shape index (κ3) is 3.96. The molecule has 32 heavy (non-hydrogen) atoms. The number of aromatic carboxylic acids is 1. The molecule has 0 aliphatic heterocycles. The number of hydrogen-bond donors (Lipinski definition) is 2. The van der Waals surface area contributed by atoms with E-state index in [9.17, 15) is 19.5 Å². The lowest BCUT2D eigenvalue weighted by atomic mass is 9.98. The van der Waals surface area contributed by atoms with Gasteiger partial charge in [-0.15, -0.1) is 0 Å². The quantitative estimate of drug-likeness (QED) is 0.449. The van der Waals surface area contributed by atoms with E-state index >= 15 is 0 Å². The first-order valence-corrected chi connectivity index (χ1v) is 9.70. The molecule has 0 saturated heterocycles. The van der Waals surface area contributed by atoms with E-state index in [0.29, 0.717) is 18.4 Å². The fourth-order valence-electron chi connectivity index (χ4n) is 3.88. The van der Waals surface area contributed by atoms with Gasteiger partial charge in [-0.1, -0.05) is 26.1 Å². The summed E-state index contributed by atoms with van der Waals surface area (Å²) in [6.07, 6.45) is 4.32. The van der Waals surface area contributed by atoms with Crippen LogP contribution in [0.15, 0.2) is 43.1 Å². The number of fused-ring (bicyclic) bond motifs is 2. The van der Waals surface area contributed by atoms with Crippen LogP contribution in [0.4, 0.5) is 0 Å². The topological polar surface area (TPSA) is 123 Å². The Morgan fingerprint density at radius 1 is 1.34 bits per heavy atom. The Labute approximate surface area is 184 Å². The second-order valence-corrected chi connectivity index (χ2v) is 7.19. The first-order valence-electron chi connectivity index (χ1n) is 9.70. The SMILES string of the molecule is C.C=CCOC(=O)c1ccc2c(c1C)CC[C@@H]2NC(=O)c1cc(C(=O)O)nc2ccnn12. The van der Waals surface area contributed by atoms with Gasteiger partial charge >= 0.3 is 11.9 Å². The van der Waals surface area contributed by atoms with Crippen LogP contribution in [-0.4, -0.2) is 44.2 Å². The number of esters is 1. The van der Waals surface area contributed by atoms with Crippen molar-refractivity contribution >= 4 is 23.5 Å². The number of carbonyl (C=O) groups excluding carboxylic acids is 2. The van der Waals surface area contributed by atoms with Crippen LogP contribution in [0.25, 0.3) is 5.65 Å². The summed E-state index contributed by atoms with van der Waals surface area (Å²) in [5.74, 6) is -2.09. The molecule has 166 valence electrons. The highest BCUT2D eigenvalue weighted by Crippen LogP contribution is 2.35. The number of ether oxygens (including phenoxy) is 1. The number of carbonyl (C=O) groups is 3. The Kier molecular flexibility index (Phi) is 6.38. The minimum Gasteiger partial charge on any atom is -0.477 e. The standard InChI is InChI=1S/C22H20N4O5.CH4/c1-3-10-31-22(30)14-4-5-15-13(12(14)2)6-7-16(15)25-20(27)18-11-17(21(28)29)24-19-8-9-23-26(18)19;/h3-5,8-9,11,16H,1,6-7,10H2,2H3,(H,25,27)(H,28,29);1H4/t16-;/m0./s1. The van der Waals surface area contributed by atoms with Gasteiger partial charge in [-0.3, -0.25) is 4.79 Å². The Morgan fingerprint density at radius 2 is 2.12 bits per heavy atom. The summed E-state index contributed by atoms with van der Waals surface area (Å²) in [6.45, 7) is 5.54. The molecule has 9 heteroatoms. The largest absolute Gasteiger partial charge is 0.477 e. The van der Waals surface area contributed by atoms with Crippen molar-refractivity contribution in [3.8, 4) is 0 Å². The molecule has 0 unspecified atom stereocenters. The molecule has 2 N–H and O–H groups in total. The minimum absolute atomic E-state index is 0. The summed E-state index contributed by atoms with van der Waals surface area (Å²) in [7, 11) is 0. The molecule has 1 amide bonds. The number of rotatable bonds is 6. The molecule has 9 nitrogen and oxygen atoms in total. The van der Waals surface area contributed by atoms with Gasteiger partial charge in [0.2, 0.25) is 0 Å². The van der Waals surface area contributed by atoms with Crippen LogP contribution in [0.3, 0.4) is 0 Å². The number of amides is 1. The van der Waals surface area contributed by atoms with Gasteiger partial charge in [-0.2, -0.15) is 5.10 Å². The van der Waals surface area contributed by atoms with Crippen molar-refractivity contribution in [2.24, 2.45) is 0 Å². The molecular weight excluding hydrogens is 412 g/mol. The molecule has 0 radical (unpaired) electrons. The molecule has 3 aromatic rings. The lowest BCUT2D eigenvalue weighted by Crippen LogP contribution is -2.29. The molecule has 0 spiro atoms. The molecule has 2 aromatic heterocycles. The molecule has 2 heterocycles. The van der Waals surface area contributed by atoms with Crippen LogP contribution in [0.1, 0.15) is 67.9 Å². The molecule has 0 saturated carbocycles. The van der Waals surface area contributed by atoms with Gasteiger partial charge in [0.1, 0.15) is 12.3 Å². The third-order valence-electron chi connectivity index (χ3n) is 5.36. The third-order valence-corrected chi connectivity index (χ3v) is 5.36. The van der Waals surface area contributed by atoms with Crippen molar-refractivity contribution in [2.45, 2.75) is 33.2 Å². The Hall–Kier alpha value is -4.01. The predicted molar refractivity (Wildman–Crippen MR) is 117 cm³/mol. The molecule has 1 aliphatic carbocycles. The van der Waals surface area contributed by atoms with Gasteiger partial charge in [0.15, 0.2) is 11.3 Å². The van der Waals surface area contributed by atoms with Crippen LogP contribution >= 0.6 is 0 Å². The smallest absolute Gasteiger partial charge is 0.354 e. The lowest BCUT2D eigenvalue weighted by molar-refractivity contribution is 0.0548. The van der Waals surface area contributed by atoms with E-state index in [0.717, 1.165) is 16.7 Å². The number of benzene rings is 1. The number of hydrogen-bond acceptors (Lipinski definition) is 6. The van der Waals surface area contributed by atoms with Crippen molar-refractivity contribution < 1.29 is 24.2 Å². The Bertz CT molecular complexity index is 1230. The fourth-order valence-corrected chi connectivity index (χ4v) is 3.88. The summed E-state index contributed by atoms with van der Waals surface area (Å²) in [4.78, 5) is 40.6. The maximum Gasteiger partial charge on any atom is 0.354 e. The maximum atomic E-state index is 13.0. The average Bonchev–Trinajstić information content (AvgIpc) is 3.39. The first kappa shape index (κ1) is 22.7. The second-order valence-electron chi connectivity index (χ2n) is 7.19. The van der Waals surface area contributed by atoms with Crippen molar-refractivity contribution in [3.05, 3.63) is 76.8 Å². The van der Waals surface area contributed by atoms with Crippen LogP contribution in [0.5, 0.6) is 0 Å². The van der Waals surface area contributed by atoms with Crippen LogP contribution in [0, 0.1) is 6.92 Å². The van der Waals surface area contributed by atoms with Crippen molar-refractivity contribution in [2.75, 3.05) is 6.61 Å². The first-order chi connectivity index (χ1) is 14.9. The number of nitrogens with zero attached hydrogens (tertiary/aromatic N) is 3. The van der Waals surface area contributed by atoms with E-state index in [1.54, 1.807) is 6.07 Å². The highest BCUT2D eigenvalue weighted by molar-refractivity contribution is 5.96. The summed E-state index contributed by atoms with van der Waals surface area (Å²) in [6, 6.07) is 5.99. The normalized spacial score (nSPS) is 14.3. The summed E-state index contributed by atoms with van der Waals surface area (Å²) in [5.41, 5.74) is 3.38. The van der Waals surface area contributed by atoms with E-state index in [4.69, 9.17) is 4.74 Å². The number of aromatic nitrogens is 3. The number of nitrogens with one attached hydrogen (secondary N) is 1. The zero-order valence-corrected chi connectivity index (χ0v) is 16.8. The summed E-state index contributed by atoms with van der Waals surface area (Å²) >= 11 is 0. The van der Waals surface area contributed by atoms with E-state index in [1.165, 1.54) is 28.9 Å². The number of carboxylic acid groups (broad SMARTS) is 1. The highest BCUT2D eigenvalue weighted by atomic mass is 16.5. The minimum atomic E-state index is -1.23. The van der Waals surface area contributed by atoms with E-state index in [2.05, 4.69) is 22.0 Å². The zero-order chi connectivity index (χ0) is 22.1. The Balaban J connectivity index is 0.00000289. The van der Waals surface area contributed by atoms with E-state index < -0.39 is 17.8 Å². The summed E-state index contributed by atoms with van der Waals surface area (Å²) in [5, 5.41) is 16.3. The lowest BCUT2D eigenvalue weighted by Gasteiger charge is -2.16. The van der Waals surface area contributed by atoms with Gasteiger partial charge in [0.25, 0.3) is 5.91 Å². The van der Waals surface area contributed by atoms with E-state index in [-0.39, 0.29) is 37.1 Å². The fraction of sp³-hybridized carbons (Fsp3) is 0.261. The molecule has 1 aliphatic rings. The molecule has 0 bridgehead atoms.